The Hall–Kier alpha value is -3.80. The molecule has 0 aliphatic heterocycles. The minimum atomic E-state index is -0.395. The molecule has 6 heteroatoms. The van der Waals surface area contributed by atoms with Gasteiger partial charge in [0.05, 0.1) is 5.69 Å². The summed E-state index contributed by atoms with van der Waals surface area (Å²) in [5.41, 5.74) is 2.93. The molecule has 0 bridgehead atoms. The van der Waals surface area contributed by atoms with Crippen LogP contribution >= 0.6 is 0 Å². The zero-order valence-electron chi connectivity index (χ0n) is 15.9. The lowest BCUT2D eigenvalue weighted by atomic mass is 10.1. The van der Waals surface area contributed by atoms with Crippen LogP contribution in [0.5, 0.6) is 0 Å². The first-order valence-corrected chi connectivity index (χ1v) is 9.07. The molecular weight excluding hydrogens is 369 g/mol. The molecule has 0 spiro atoms. The molecule has 144 valence electrons. The van der Waals surface area contributed by atoms with Crippen LogP contribution in [0.4, 0.5) is 15.9 Å². The van der Waals surface area contributed by atoms with E-state index in [1.165, 1.54) is 12.1 Å². The number of aryl methyl sites for hydroxylation is 2. The Bertz CT molecular complexity index is 1280. The fraction of sp³-hybridized carbons (Fsp3) is 0.0870. The summed E-state index contributed by atoms with van der Waals surface area (Å²) in [7, 11) is 0. The number of hydrogen-bond acceptors (Lipinski definition) is 4. The predicted molar refractivity (Wildman–Crippen MR) is 110 cm³/mol. The summed E-state index contributed by atoms with van der Waals surface area (Å²) in [5, 5.41) is 3.53. The maximum absolute atomic E-state index is 13.6. The molecule has 0 saturated carbocycles. The highest BCUT2D eigenvalue weighted by molar-refractivity contribution is 6.04. The van der Waals surface area contributed by atoms with Gasteiger partial charge in [0.25, 0.3) is 5.91 Å². The Labute approximate surface area is 166 Å². The Kier molecular flexibility index (Phi) is 4.91. The smallest absolute Gasteiger partial charge is 0.262 e. The van der Waals surface area contributed by atoms with Crippen molar-refractivity contribution >= 4 is 28.4 Å². The van der Waals surface area contributed by atoms with Gasteiger partial charge in [-0.25, -0.2) is 14.4 Å². The van der Waals surface area contributed by atoms with Crippen LogP contribution in [0, 0.1) is 19.7 Å². The molecule has 5 nitrogen and oxygen atoms in total. The summed E-state index contributed by atoms with van der Waals surface area (Å²) in [6.07, 6.45) is 1.67. The van der Waals surface area contributed by atoms with Crippen molar-refractivity contribution in [2.24, 2.45) is 4.99 Å². The number of carbonyl (C=O) groups is 1. The number of para-hydroxylation sites is 1. The first kappa shape index (κ1) is 18.6. The fourth-order valence-electron chi connectivity index (χ4n) is 2.86. The zero-order valence-corrected chi connectivity index (χ0v) is 15.9. The summed E-state index contributed by atoms with van der Waals surface area (Å²) >= 11 is 0. The lowest BCUT2D eigenvalue weighted by molar-refractivity contribution is 0.102. The lowest BCUT2D eigenvalue weighted by Crippen LogP contribution is -2.22. The summed E-state index contributed by atoms with van der Waals surface area (Å²) in [6.45, 7) is 3.57. The predicted octanol–water partition coefficient (Wildman–Crippen LogP) is 5.07. The van der Waals surface area contributed by atoms with Crippen LogP contribution in [0.15, 0.2) is 76.3 Å². The van der Waals surface area contributed by atoms with Crippen LogP contribution in [-0.2, 0) is 0 Å². The number of fused-ring (bicyclic) bond motifs is 1. The molecule has 0 aliphatic carbocycles. The number of carbonyl (C=O) groups excluding carboxylic acids is 1. The van der Waals surface area contributed by atoms with Gasteiger partial charge in [-0.05, 0) is 61.4 Å². The van der Waals surface area contributed by atoms with E-state index in [0.29, 0.717) is 22.7 Å². The average Bonchev–Trinajstić information content (AvgIpc) is 2.72. The van der Waals surface area contributed by atoms with Gasteiger partial charge >= 0.3 is 0 Å². The van der Waals surface area contributed by atoms with Gasteiger partial charge in [-0.1, -0.05) is 24.3 Å². The molecule has 4 rings (SSSR count). The van der Waals surface area contributed by atoms with Crippen molar-refractivity contribution in [3.05, 3.63) is 94.9 Å². The van der Waals surface area contributed by atoms with E-state index >= 15 is 0 Å². The first-order valence-electron chi connectivity index (χ1n) is 9.07. The van der Waals surface area contributed by atoms with Gasteiger partial charge in [0.1, 0.15) is 22.8 Å². The number of aromatic nitrogens is 1. The van der Waals surface area contributed by atoms with Crippen molar-refractivity contribution < 1.29 is 13.6 Å². The second kappa shape index (κ2) is 7.67. The van der Waals surface area contributed by atoms with Crippen LogP contribution in [-0.4, -0.2) is 10.9 Å². The van der Waals surface area contributed by atoms with E-state index in [2.05, 4.69) is 15.3 Å². The number of benzene rings is 2. The van der Waals surface area contributed by atoms with Crippen molar-refractivity contribution in [3.8, 4) is 0 Å². The monoisotopic (exact) mass is 387 g/mol. The topological polar surface area (TPSA) is 67.5 Å². The first-order chi connectivity index (χ1) is 14.0. The van der Waals surface area contributed by atoms with Crippen molar-refractivity contribution in [1.82, 2.24) is 4.98 Å². The second-order valence-corrected chi connectivity index (χ2v) is 6.72. The van der Waals surface area contributed by atoms with E-state index < -0.39 is 5.91 Å². The molecule has 0 fully saturated rings. The highest BCUT2D eigenvalue weighted by Gasteiger charge is 2.14. The number of pyridine rings is 1. The largest absolute Gasteiger partial charge is 0.438 e. The van der Waals surface area contributed by atoms with Crippen LogP contribution in [0.25, 0.3) is 11.0 Å². The van der Waals surface area contributed by atoms with E-state index in [9.17, 15) is 9.18 Å². The van der Waals surface area contributed by atoms with Gasteiger partial charge in [-0.15, -0.1) is 0 Å². The molecule has 2 aromatic carbocycles. The summed E-state index contributed by atoms with van der Waals surface area (Å²) in [6, 6.07) is 17.1. The number of hydrogen-bond donors (Lipinski definition) is 1. The third-order valence-electron chi connectivity index (χ3n) is 4.43. The van der Waals surface area contributed by atoms with Crippen LogP contribution < -0.4 is 10.9 Å². The SMILES string of the molecule is Cc1ccc(NC(=O)c2cc3ccccc3oc2=Nc2ccc(F)c(C)c2)nc1. The Morgan fingerprint density at radius 3 is 2.66 bits per heavy atom. The Morgan fingerprint density at radius 1 is 1.07 bits per heavy atom. The van der Waals surface area contributed by atoms with Gasteiger partial charge in [0.2, 0.25) is 5.55 Å². The Morgan fingerprint density at radius 2 is 1.90 bits per heavy atom. The zero-order chi connectivity index (χ0) is 20.4. The molecule has 2 aromatic heterocycles. The van der Waals surface area contributed by atoms with E-state index in [1.807, 2.05) is 31.2 Å². The van der Waals surface area contributed by atoms with Gasteiger partial charge in [0.15, 0.2) is 0 Å². The molecule has 1 amide bonds. The summed E-state index contributed by atoms with van der Waals surface area (Å²) < 4.78 is 19.5. The normalized spacial score (nSPS) is 11.6. The second-order valence-electron chi connectivity index (χ2n) is 6.72. The molecule has 29 heavy (non-hydrogen) atoms. The van der Waals surface area contributed by atoms with Gasteiger partial charge in [-0.3, -0.25) is 4.79 Å². The van der Waals surface area contributed by atoms with Gasteiger partial charge in [-0.2, -0.15) is 0 Å². The molecule has 2 heterocycles. The third-order valence-corrected chi connectivity index (χ3v) is 4.43. The number of halogens is 1. The third kappa shape index (κ3) is 4.06. The van der Waals surface area contributed by atoms with Crippen LogP contribution in [0.2, 0.25) is 0 Å². The standard InChI is InChI=1S/C23H18FN3O2/c1-14-7-10-21(25-13-14)27-22(28)18-12-16-5-3-4-6-20(16)29-23(18)26-17-8-9-19(24)15(2)11-17/h3-13H,1-2H3,(H,25,27,28). The molecule has 0 saturated heterocycles. The van der Waals surface area contributed by atoms with Crippen molar-refractivity contribution in [2.75, 3.05) is 5.32 Å². The highest BCUT2D eigenvalue weighted by Crippen LogP contribution is 2.18. The highest BCUT2D eigenvalue weighted by atomic mass is 19.1. The summed E-state index contributed by atoms with van der Waals surface area (Å²) in [4.78, 5) is 21.6. The van der Waals surface area contributed by atoms with Crippen LogP contribution in [0.3, 0.4) is 0 Å². The van der Waals surface area contributed by atoms with E-state index in [0.717, 1.165) is 10.9 Å². The van der Waals surface area contributed by atoms with Crippen LogP contribution in [0.1, 0.15) is 21.5 Å². The maximum Gasteiger partial charge on any atom is 0.262 e. The van der Waals surface area contributed by atoms with Crippen molar-refractivity contribution in [2.45, 2.75) is 13.8 Å². The molecular formula is C23H18FN3O2. The number of rotatable bonds is 3. The van der Waals surface area contributed by atoms with Gasteiger partial charge < -0.3 is 9.73 Å². The van der Waals surface area contributed by atoms with E-state index in [-0.39, 0.29) is 16.9 Å². The number of nitrogens with zero attached hydrogens (tertiary/aromatic N) is 2. The maximum atomic E-state index is 13.6. The minimum Gasteiger partial charge on any atom is -0.438 e. The molecule has 0 radical (unpaired) electrons. The van der Waals surface area contributed by atoms with E-state index in [4.69, 9.17) is 4.42 Å². The van der Waals surface area contributed by atoms with Crippen molar-refractivity contribution in [1.29, 1.82) is 0 Å². The molecule has 0 aliphatic rings. The minimum absolute atomic E-state index is 0.138. The number of amides is 1. The quantitative estimate of drug-likeness (QED) is 0.534. The molecule has 0 atom stereocenters. The lowest BCUT2D eigenvalue weighted by Gasteiger charge is -2.07. The average molecular weight is 387 g/mol. The number of nitrogens with one attached hydrogen (secondary N) is 1. The molecule has 1 N–H and O–H groups in total. The van der Waals surface area contributed by atoms with Crippen molar-refractivity contribution in [3.63, 3.8) is 0 Å². The fourth-order valence-corrected chi connectivity index (χ4v) is 2.86. The number of anilines is 1. The summed E-state index contributed by atoms with van der Waals surface area (Å²) in [5.74, 6) is -0.284. The Balaban J connectivity index is 1.83. The van der Waals surface area contributed by atoms with Gasteiger partial charge in [0, 0.05) is 11.6 Å². The molecule has 0 unspecified atom stereocenters. The molecule has 4 aromatic rings. The van der Waals surface area contributed by atoms with E-state index in [1.54, 1.807) is 37.4 Å².